The van der Waals surface area contributed by atoms with Crippen LogP contribution in [0.15, 0.2) is 35.3 Å². The summed E-state index contributed by atoms with van der Waals surface area (Å²) in [4.78, 5) is 147. The topological polar surface area (TPSA) is 398 Å². The highest BCUT2D eigenvalue weighted by atomic mass is 16.4. The van der Waals surface area contributed by atoms with Gasteiger partial charge in [0.2, 0.25) is 53.2 Å². The standard InChI is InChI=1S/C59H100N14O11/c1-11-36(9)47(70-53(78)44-26-20-30-73(44)57(82)46(35(7)8)69-50(75)40(24-18-28-64-59(62)63)65-49(74)39(61)23-16-17-27-60)55(80)67-42(31-33(3)4)56(81)72-29-19-25-43(72)52(77)66-41(32-38-21-14-13-15-22-38)51(76)68-45(34(5)6)54(79)71-48(58(83)84)37(10)12-2/h13-15,21-22,33-37,39-48H,11-12,16-20,23-32,60-61H2,1-10H3,(H,65,74)(H,66,77)(H,67,80)(H,68,76)(H,69,75)(H,70,78)(H,71,79)(H,83,84)(H4,62,63,64)/t36-,37-,39-,40-,41-,42-,43-,44-,45-,46-,47-,48-/m0/s1. The van der Waals surface area contributed by atoms with Gasteiger partial charge in [-0.15, -0.1) is 0 Å². The summed E-state index contributed by atoms with van der Waals surface area (Å²) in [7, 11) is 0. The molecule has 84 heavy (non-hydrogen) atoms. The Bertz CT molecular complexity index is 2390. The van der Waals surface area contributed by atoms with Crippen molar-refractivity contribution in [2.24, 2.45) is 57.5 Å². The van der Waals surface area contributed by atoms with E-state index in [4.69, 9.17) is 22.9 Å². The van der Waals surface area contributed by atoms with Gasteiger partial charge in [0.1, 0.15) is 54.4 Å². The molecule has 2 aliphatic rings. The lowest BCUT2D eigenvalue weighted by atomic mass is 9.96. The Morgan fingerprint density at radius 3 is 1.63 bits per heavy atom. The van der Waals surface area contributed by atoms with Crippen molar-refractivity contribution in [1.82, 2.24) is 47.0 Å². The summed E-state index contributed by atoms with van der Waals surface area (Å²) in [6.07, 6.45) is 4.54. The number of benzene rings is 1. The molecule has 0 spiro atoms. The summed E-state index contributed by atoms with van der Waals surface area (Å²) in [5.41, 5.74) is 23.5. The maximum Gasteiger partial charge on any atom is 0.326 e. The zero-order valence-corrected chi connectivity index (χ0v) is 51.2. The number of rotatable bonds is 35. The molecule has 25 nitrogen and oxygen atoms in total. The number of nitrogens with zero attached hydrogens (tertiary/aromatic N) is 3. The molecule has 3 rings (SSSR count). The fourth-order valence-corrected chi connectivity index (χ4v) is 10.4. The van der Waals surface area contributed by atoms with E-state index >= 15 is 0 Å². The summed E-state index contributed by atoms with van der Waals surface area (Å²) in [6, 6.07) is -2.16. The normalized spacial score (nSPS) is 18.7. The summed E-state index contributed by atoms with van der Waals surface area (Å²) < 4.78 is 0. The first kappa shape index (κ1) is 71.4. The van der Waals surface area contributed by atoms with E-state index in [2.05, 4.69) is 42.2 Å². The number of nitrogens with one attached hydrogen (secondary N) is 7. The van der Waals surface area contributed by atoms with Crippen molar-refractivity contribution in [1.29, 1.82) is 0 Å². The zero-order valence-electron chi connectivity index (χ0n) is 51.2. The Morgan fingerprint density at radius 2 is 1.10 bits per heavy atom. The van der Waals surface area contributed by atoms with E-state index in [1.165, 1.54) is 9.80 Å². The molecule has 2 heterocycles. The third-order valence-corrected chi connectivity index (χ3v) is 15.8. The van der Waals surface area contributed by atoms with Crippen LogP contribution in [-0.2, 0) is 54.4 Å². The van der Waals surface area contributed by atoms with Gasteiger partial charge < -0.3 is 75.1 Å². The van der Waals surface area contributed by atoms with Crippen molar-refractivity contribution < 1.29 is 53.1 Å². The third-order valence-electron chi connectivity index (χ3n) is 15.8. The summed E-state index contributed by atoms with van der Waals surface area (Å²) >= 11 is 0. The average molecular weight is 1180 g/mol. The minimum atomic E-state index is -1.23. The largest absolute Gasteiger partial charge is 0.480 e. The molecule has 2 aliphatic heterocycles. The number of carboxylic acid groups (broad SMARTS) is 1. The summed E-state index contributed by atoms with van der Waals surface area (Å²) in [5.74, 6) is -8.77. The average Bonchev–Trinajstić information content (AvgIpc) is 3.30. The first-order valence-corrected chi connectivity index (χ1v) is 30.2. The highest BCUT2D eigenvalue weighted by Crippen LogP contribution is 2.24. The van der Waals surface area contributed by atoms with E-state index in [-0.39, 0.29) is 63.6 Å². The van der Waals surface area contributed by atoms with Crippen molar-refractivity contribution in [2.45, 2.75) is 213 Å². The highest BCUT2D eigenvalue weighted by Gasteiger charge is 2.44. The minimum absolute atomic E-state index is 0.0181. The summed E-state index contributed by atoms with van der Waals surface area (Å²) in [5, 5.41) is 29.4. The number of aliphatic imine (C=N–C) groups is 1. The molecule has 0 unspecified atom stereocenters. The van der Waals surface area contributed by atoms with Crippen molar-refractivity contribution in [3.05, 3.63) is 35.9 Å². The number of guanidine groups is 1. The van der Waals surface area contributed by atoms with Gasteiger partial charge in [-0.3, -0.25) is 48.1 Å². The molecule has 1 aromatic carbocycles. The number of aliphatic carboxylic acids is 1. The van der Waals surface area contributed by atoms with Crippen molar-refractivity contribution in [3.8, 4) is 0 Å². The number of carbonyl (C=O) groups is 10. The van der Waals surface area contributed by atoms with Gasteiger partial charge in [0.25, 0.3) is 0 Å². The van der Waals surface area contributed by atoms with Crippen molar-refractivity contribution in [2.75, 3.05) is 26.2 Å². The fraction of sp³-hybridized carbons (Fsp3) is 0.712. The molecular formula is C59H100N14O11. The molecule has 0 bridgehead atoms. The van der Waals surface area contributed by atoms with E-state index in [0.717, 1.165) is 0 Å². The van der Waals surface area contributed by atoms with Gasteiger partial charge in [0.05, 0.1) is 6.04 Å². The Labute approximate surface area is 496 Å². The van der Waals surface area contributed by atoms with Crippen LogP contribution in [0.5, 0.6) is 0 Å². The number of nitrogens with two attached hydrogens (primary N) is 4. The minimum Gasteiger partial charge on any atom is -0.480 e. The number of hydrogen-bond acceptors (Lipinski definition) is 13. The molecule has 12 atom stereocenters. The molecule has 0 saturated carbocycles. The van der Waals surface area contributed by atoms with E-state index in [9.17, 15) is 53.1 Å². The highest BCUT2D eigenvalue weighted by molar-refractivity contribution is 5.99. The Morgan fingerprint density at radius 1 is 0.583 bits per heavy atom. The lowest BCUT2D eigenvalue weighted by Gasteiger charge is -2.34. The predicted octanol–water partition coefficient (Wildman–Crippen LogP) is 0.649. The van der Waals surface area contributed by atoms with Crippen LogP contribution >= 0.6 is 0 Å². The van der Waals surface area contributed by atoms with Crippen LogP contribution in [0.25, 0.3) is 0 Å². The smallest absolute Gasteiger partial charge is 0.326 e. The first-order chi connectivity index (χ1) is 39.7. The number of amides is 9. The van der Waals surface area contributed by atoms with E-state index in [1.807, 2.05) is 20.8 Å². The lowest BCUT2D eigenvalue weighted by molar-refractivity contribution is -0.144. The third kappa shape index (κ3) is 21.9. The van der Waals surface area contributed by atoms with E-state index in [1.54, 1.807) is 78.8 Å². The molecular weight excluding hydrogens is 1080 g/mol. The molecule has 0 radical (unpaired) electrons. The second-order valence-corrected chi connectivity index (χ2v) is 23.8. The molecule has 0 aliphatic carbocycles. The van der Waals surface area contributed by atoms with Crippen LogP contribution in [0.2, 0.25) is 0 Å². The molecule has 0 aromatic heterocycles. The molecule has 16 N–H and O–H groups in total. The van der Waals surface area contributed by atoms with Crippen molar-refractivity contribution in [3.63, 3.8) is 0 Å². The number of carboxylic acids is 1. The van der Waals surface area contributed by atoms with Crippen molar-refractivity contribution >= 4 is 65.1 Å². The molecule has 9 amide bonds. The molecule has 2 saturated heterocycles. The second-order valence-electron chi connectivity index (χ2n) is 23.8. The second kappa shape index (κ2) is 35.4. The van der Waals surface area contributed by atoms with Crippen LogP contribution in [-0.4, -0.2) is 167 Å². The molecule has 472 valence electrons. The van der Waals surface area contributed by atoms with Crippen LogP contribution in [0.3, 0.4) is 0 Å². The van der Waals surface area contributed by atoms with Crippen LogP contribution in [0.1, 0.15) is 152 Å². The Kier molecular flexibility index (Phi) is 30.1. The number of likely N-dealkylation sites (tertiary alicyclic amines) is 2. The van der Waals surface area contributed by atoms with Crippen LogP contribution < -0.4 is 60.2 Å². The zero-order chi connectivity index (χ0) is 63.0. The molecule has 2 fully saturated rings. The van der Waals surface area contributed by atoms with Gasteiger partial charge in [-0.25, -0.2) is 4.79 Å². The van der Waals surface area contributed by atoms with Gasteiger partial charge in [-0.05, 0) is 99.5 Å². The van der Waals surface area contributed by atoms with Gasteiger partial charge in [-0.1, -0.05) is 119 Å². The predicted molar refractivity (Wildman–Crippen MR) is 320 cm³/mol. The van der Waals surface area contributed by atoms with Gasteiger partial charge in [-0.2, -0.15) is 0 Å². The van der Waals surface area contributed by atoms with Crippen LogP contribution in [0.4, 0.5) is 0 Å². The number of carbonyl (C=O) groups excluding carboxylic acids is 9. The SMILES string of the molecule is CC[C@H](C)[C@H](NC(=O)[C@@H](NC(=O)[C@H](Cc1ccccc1)NC(=O)[C@@H]1CCCN1C(=O)[C@H](CC(C)C)NC(=O)[C@@H](NC(=O)[C@@H]1CCCN1C(=O)[C@@H](NC(=O)[C@H](CCCN=C(N)N)NC(=O)[C@@H](N)CCCCN)C(C)C)[C@@H](C)CC)C(C)C)C(=O)O. The lowest BCUT2D eigenvalue weighted by Crippen LogP contribution is -2.61. The number of hydrogen-bond donors (Lipinski definition) is 12. The van der Waals surface area contributed by atoms with Gasteiger partial charge in [0, 0.05) is 26.1 Å². The van der Waals surface area contributed by atoms with Gasteiger partial charge in [0.15, 0.2) is 5.96 Å². The quantitative estimate of drug-likeness (QED) is 0.0252. The van der Waals surface area contributed by atoms with E-state index < -0.39 is 143 Å². The fourth-order valence-electron chi connectivity index (χ4n) is 10.4. The van der Waals surface area contributed by atoms with Gasteiger partial charge >= 0.3 is 5.97 Å². The Hall–Kier alpha value is -6.89. The monoisotopic (exact) mass is 1180 g/mol. The number of unbranched alkanes of at least 4 members (excludes halogenated alkanes) is 1. The summed E-state index contributed by atoms with van der Waals surface area (Å²) in [6.45, 7) is 18.8. The van der Waals surface area contributed by atoms with E-state index in [0.29, 0.717) is 63.5 Å². The maximum absolute atomic E-state index is 14.8. The molecule has 25 heteroatoms. The molecule has 1 aromatic rings. The van der Waals surface area contributed by atoms with Crippen LogP contribution in [0, 0.1) is 29.6 Å². The first-order valence-electron chi connectivity index (χ1n) is 30.2. The Balaban J connectivity index is 1.85. The maximum atomic E-state index is 14.8.